The van der Waals surface area contributed by atoms with Crippen molar-refractivity contribution in [2.45, 2.75) is 24.9 Å². The second kappa shape index (κ2) is 6.62. The van der Waals surface area contributed by atoms with Crippen molar-refractivity contribution in [3.8, 4) is 11.5 Å². The summed E-state index contributed by atoms with van der Waals surface area (Å²) in [5, 5.41) is 11.8. The Balaban J connectivity index is 1.85. The Hall–Kier alpha value is -2.77. The van der Waals surface area contributed by atoms with Gasteiger partial charge in [0, 0.05) is 19.4 Å². The molecule has 1 fully saturated rings. The number of carbonyl (C=O) groups excluding carboxylic acids is 2. The third-order valence-electron chi connectivity index (χ3n) is 4.64. The normalized spacial score (nSPS) is 23.2. The fourth-order valence-electron chi connectivity index (χ4n) is 3.20. The second-order valence-electron chi connectivity index (χ2n) is 6.29. The largest absolute Gasteiger partial charge is 0.497 e. The van der Waals surface area contributed by atoms with E-state index in [-0.39, 0.29) is 37.9 Å². The molecular formula is C17H20N2O6. The lowest BCUT2D eigenvalue weighted by molar-refractivity contribution is -0.144. The first-order valence-electron chi connectivity index (χ1n) is 8.07. The number of likely N-dealkylation sites (tertiary alicyclic amines) is 1. The summed E-state index contributed by atoms with van der Waals surface area (Å²) in [6.07, 6.45) is 1.03. The Labute approximate surface area is 144 Å². The van der Waals surface area contributed by atoms with Gasteiger partial charge < -0.3 is 24.8 Å². The molecule has 0 bridgehead atoms. The van der Waals surface area contributed by atoms with Gasteiger partial charge in [-0.1, -0.05) is 0 Å². The number of carbonyl (C=O) groups is 3. The number of rotatable bonds is 3. The zero-order valence-corrected chi connectivity index (χ0v) is 13.9. The zero-order valence-electron chi connectivity index (χ0n) is 13.9. The van der Waals surface area contributed by atoms with E-state index in [4.69, 9.17) is 14.6 Å². The van der Waals surface area contributed by atoms with Gasteiger partial charge in [0.05, 0.1) is 19.2 Å². The van der Waals surface area contributed by atoms with Crippen molar-refractivity contribution in [2.24, 2.45) is 0 Å². The van der Waals surface area contributed by atoms with Gasteiger partial charge in [0.15, 0.2) is 0 Å². The van der Waals surface area contributed by atoms with Crippen LogP contribution in [-0.4, -0.2) is 60.1 Å². The maximum atomic E-state index is 12.4. The molecule has 8 heteroatoms. The molecular weight excluding hydrogens is 328 g/mol. The number of hydrogen-bond donors (Lipinski definition) is 2. The molecule has 1 aromatic carbocycles. The average Bonchev–Trinajstić information content (AvgIpc) is 2.82. The van der Waals surface area contributed by atoms with Gasteiger partial charge in [0.2, 0.25) is 5.91 Å². The van der Waals surface area contributed by atoms with Gasteiger partial charge in [-0.05, 0) is 24.6 Å². The van der Waals surface area contributed by atoms with Crippen molar-refractivity contribution in [1.82, 2.24) is 10.2 Å². The van der Waals surface area contributed by atoms with Gasteiger partial charge >= 0.3 is 5.97 Å². The Bertz CT molecular complexity index is 719. The molecule has 134 valence electrons. The third-order valence-corrected chi connectivity index (χ3v) is 4.64. The molecule has 25 heavy (non-hydrogen) atoms. The van der Waals surface area contributed by atoms with Gasteiger partial charge in [-0.3, -0.25) is 14.4 Å². The van der Waals surface area contributed by atoms with Crippen LogP contribution < -0.4 is 14.8 Å². The Morgan fingerprint density at radius 3 is 2.92 bits per heavy atom. The first-order valence-corrected chi connectivity index (χ1v) is 8.07. The highest BCUT2D eigenvalue weighted by Gasteiger charge is 2.40. The van der Waals surface area contributed by atoms with Crippen LogP contribution in [0.2, 0.25) is 0 Å². The van der Waals surface area contributed by atoms with Gasteiger partial charge in [-0.15, -0.1) is 0 Å². The summed E-state index contributed by atoms with van der Waals surface area (Å²) in [6.45, 7) is 0.207. The van der Waals surface area contributed by atoms with E-state index < -0.39 is 11.6 Å². The standard InChI is InChI=1S/C17H20N2O6/c1-24-11-2-3-13-12(8-11)16(23)18-10-17(25-13)5-4-14(20)19(7-6-17)9-15(21)22/h2-3,8H,4-7,9-10H2,1H3,(H,18,23)(H,21,22)/t17-/m1/s1. The number of nitrogens with one attached hydrogen (secondary N) is 1. The summed E-state index contributed by atoms with van der Waals surface area (Å²) in [6, 6.07) is 5.01. The zero-order chi connectivity index (χ0) is 18.0. The van der Waals surface area contributed by atoms with E-state index in [1.165, 1.54) is 12.0 Å². The molecule has 2 aliphatic heterocycles. The van der Waals surface area contributed by atoms with Crippen LogP contribution in [-0.2, 0) is 9.59 Å². The first-order chi connectivity index (χ1) is 11.9. The number of hydrogen-bond acceptors (Lipinski definition) is 5. The van der Waals surface area contributed by atoms with Crippen LogP contribution in [0.15, 0.2) is 18.2 Å². The molecule has 2 amide bonds. The van der Waals surface area contributed by atoms with E-state index in [1.54, 1.807) is 18.2 Å². The molecule has 0 aromatic heterocycles. The maximum Gasteiger partial charge on any atom is 0.323 e. The smallest absolute Gasteiger partial charge is 0.323 e. The van der Waals surface area contributed by atoms with Gasteiger partial charge in [0.25, 0.3) is 5.91 Å². The van der Waals surface area contributed by atoms with E-state index in [1.807, 2.05) is 0 Å². The van der Waals surface area contributed by atoms with Crippen LogP contribution in [0.25, 0.3) is 0 Å². The number of fused-ring (bicyclic) bond motifs is 1. The van der Waals surface area contributed by atoms with Crippen LogP contribution in [0.1, 0.15) is 29.6 Å². The molecule has 2 N–H and O–H groups in total. The van der Waals surface area contributed by atoms with E-state index in [0.29, 0.717) is 29.9 Å². The highest BCUT2D eigenvalue weighted by Crippen LogP contribution is 2.34. The van der Waals surface area contributed by atoms with E-state index >= 15 is 0 Å². The number of nitrogens with zero attached hydrogens (tertiary/aromatic N) is 1. The van der Waals surface area contributed by atoms with Crippen molar-refractivity contribution in [1.29, 1.82) is 0 Å². The summed E-state index contributed by atoms with van der Waals surface area (Å²) in [5.74, 6) is -0.527. The molecule has 0 saturated carbocycles. The highest BCUT2D eigenvalue weighted by atomic mass is 16.5. The third kappa shape index (κ3) is 3.52. The summed E-state index contributed by atoms with van der Waals surface area (Å²) in [7, 11) is 1.52. The second-order valence-corrected chi connectivity index (χ2v) is 6.29. The number of aliphatic carboxylic acids is 1. The van der Waals surface area contributed by atoms with Crippen LogP contribution in [0.4, 0.5) is 0 Å². The van der Waals surface area contributed by atoms with Crippen LogP contribution in [0.3, 0.4) is 0 Å². The molecule has 2 aliphatic rings. The topological polar surface area (TPSA) is 105 Å². The molecule has 1 saturated heterocycles. The Morgan fingerprint density at radius 2 is 2.20 bits per heavy atom. The van der Waals surface area contributed by atoms with Gasteiger partial charge in [-0.25, -0.2) is 0 Å². The highest BCUT2D eigenvalue weighted by molar-refractivity contribution is 5.97. The number of amides is 2. The molecule has 3 rings (SSSR count). The van der Waals surface area contributed by atoms with Gasteiger partial charge in [-0.2, -0.15) is 0 Å². The number of carboxylic acid groups (broad SMARTS) is 1. The first kappa shape index (κ1) is 17.1. The van der Waals surface area contributed by atoms with Crippen molar-refractivity contribution in [3.05, 3.63) is 23.8 Å². The van der Waals surface area contributed by atoms with Crippen molar-refractivity contribution < 1.29 is 29.0 Å². The molecule has 2 heterocycles. The van der Waals surface area contributed by atoms with Crippen LogP contribution in [0.5, 0.6) is 11.5 Å². The molecule has 0 aliphatic carbocycles. The molecule has 8 nitrogen and oxygen atoms in total. The van der Waals surface area contributed by atoms with Gasteiger partial charge in [0.1, 0.15) is 23.6 Å². The molecule has 0 unspecified atom stereocenters. The van der Waals surface area contributed by atoms with E-state index in [9.17, 15) is 14.4 Å². The Morgan fingerprint density at radius 1 is 1.40 bits per heavy atom. The predicted octanol–water partition coefficient (Wildman–Crippen LogP) is 0.653. The van der Waals surface area contributed by atoms with Crippen LogP contribution >= 0.6 is 0 Å². The number of carboxylic acids is 1. The summed E-state index contributed by atoms with van der Waals surface area (Å²) in [5.41, 5.74) is -0.354. The lowest BCUT2D eigenvalue weighted by Gasteiger charge is -2.32. The van der Waals surface area contributed by atoms with E-state index in [0.717, 1.165) is 0 Å². The lowest BCUT2D eigenvalue weighted by atomic mass is 9.94. The number of benzene rings is 1. The van der Waals surface area contributed by atoms with Crippen molar-refractivity contribution >= 4 is 17.8 Å². The van der Waals surface area contributed by atoms with Crippen LogP contribution in [0, 0.1) is 0 Å². The van der Waals surface area contributed by atoms with Crippen molar-refractivity contribution in [2.75, 3.05) is 26.7 Å². The lowest BCUT2D eigenvalue weighted by Crippen LogP contribution is -2.46. The van der Waals surface area contributed by atoms with E-state index in [2.05, 4.69) is 5.32 Å². The molecule has 1 atom stereocenters. The molecule has 0 radical (unpaired) electrons. The summed E-state index contributed by atoms with van der Waals surface area (Å²) >= 11 is 0. The quantitative estimate of drug-likeness (QED) is 0.831. The Kier molecular flexibility index (Phi) is 4.52. The van der Waals surface area contributed by atoms with Crippen molar-refractivity contribution in [3.63, 3.8) is 0 Å². The molecule has 1 spiro atoms. The molecule has 1 aromatic rings. The fraction of sp³-hybridized carbons (Fsp3) is 0.471. The number of ether oxygens (including phenoxy) is 2. The summed E-state index contributed by atoms with van der Waals surface area (Å²) < 4.78 is 11.3. The fourth-order valence-corrected chi connectivity index (χ4v) is 3.20. The maximum absolute atomic E-state index is 12.4. The minimum absolute atomic E-state index is 0.175. The predicted molar refractivity (Wildman–Crippen MR) is 86.8 cm³/mol. The summed E-state index contributed by atoms with van der Waals surface area (Å²) in [4.78, 5) is 36.8. The number of methoxy groups -OCH3 is 1. The minimum atomic E-state index is -1.04. The average molecular weight is 348 g/mol. The minimum Gasteiger partial charge on any atom is -0.497 e. The monoisotopic (exact) mass is 348 g/mol. The SMILES string of the molecule is COc1ccc2c(c1)C(=O)NC[C@]1(CCC(=O)N(CC(=O)O)CC1)O2.